The maximum Gasteiger partial charge on any atom is 0.298 e. The number of aromatic hydroxyl groups is 1. The number of hydrogen-bond donors (Lipinski definition) is 1. The molecule has 1 heterocycles. The molecule has 24 heavy (non-hydrogen) atoms. The molecule has 0 spiro atoms. The first-order valence-corrected chi connectivity index (χ1v) is 8.20. The van der Waals surface area contributed by atoms with Gasteiger partial charge in [-0.05, 0) is 66.7 Å². The number of phenolic OH excluding ortho intramolecular Hbond substituents is 1. The molecule has 2 aromatic rings. The third-order valence-electron chi connectivity index (χ3n) is 3.39. The molecule has 0 bridgehead atoms. The topological polar surface area (TPSA) is 66.8 Å². The van der Waals surface area contributed by atoms with Crippen LogP contribution in [0.1, 0.15) is 12.5 Å². The van der Waals surface area contributed by atoms with E-state index in [0.717, 1.165) is 28.0 Å². The molecular formula is C18H15NO4S. The Morgan fingerprint density at radius 3 is 2.38 bits per heavy atom. The minimum atomic E-state index is -0.371. The van der Waals surface area contributed by atoms with E-state index >= 15 is 0 Å². The van der Waals surface area contributed by atoms with Gasteiger partial charge in [0.25, 0.3) is 11.1 Å². The van der Waals surface area contributed by atoms with Crippen LogP contribution in [0.15, 0.2) is 53.4 Å². The predicted molar refractivity (Wildman–Crippen MR) is 94.2 cm³/mol. The molecule has 6 heteroatoms. The predicted octanol–water partition coefficient (Wildman–Crippen LogP) is 4.03. The Morgan fingerprint density at radius 1 is 1.08 bits per heavy atom. The van der Waals surface area contributed by atoms with Crippen molar-refractivity contribution in [1.29, 1.82) is 0 Å². The molecule has 0 aliphatic carbocycles. The summed E-state index contributed by atoms with van der Waals surface area (Å²) in [5.74, 6) is 0.465. The quantitative estimate of drug-likeness (QED) is 0.851. The van der Waals surface area contributed by atoms with Gasteiger partial charge in [0.05, 0.1) is 17.2 Å². The molecule has 1 N–H and O–H groups in total. The summed E-state index contributed by atoms with van der Waals surface area (Å²) in [5, 5.41) is 8.97. The van der Waals surface area contributed by atoms with Crippen molar-refractivity contribution in [3.05, 3.63) is 59.0 Å². The van der Waals surface area contributed by atoms with Gasteiger partial charge in [0.1, 0.15) is 11.5 Å². The van der Waals surface area contributed by atoms with Crippen molar-refractivity contribution in [2.75, 3.05) is 11.5 Å². The third-order valence-corrected chi connectivity index (χ3v) is 4.26. The van der Waals surface area contributed by atoms with Crippen molar-refractivity contribution in [2.24, 2.45) is 0 Å². The second kappa shape index (κ2) is 6.80. The second-order valence-electron chi connectivity index (χ2n) is 5.04. The Bertz CT molecular complexity index is 797. The summed E-state index contributed by atoms with van der Waals surface area (Å²) in [4.78, 5) is 26.1. The molecule has 1 fully saturated rings. The van der Waals surface area contributed by atoms with Crippen LogP contribution < -0.4 is 9.64 Å². The van der Waals surface area contributed by atoms with Gasteiger partial charge in [-0.2, -0.15) is 0 Å². The maximum atomic E-state index is 12.5. The summed E-state index contributed by atoms with van der Waals surface area (Å²) in [5.41, 5.74) is 1.25. The molecule has 3 rings (SSSR count). The SMILES string of the molecule is CCOc1ccc(/C=C2\SC(=O)N(c3ccc(O)cc3)C2=O)cc1. The van der Waals surface area contributed by atoms with Gasteiger partial charge in [0.2, 0.25) is 0 Å². The smallest absolute Gasteiger partial charge is 0.298 e. The van der Waals surface area contributed by atoms with E-state index in [1.54, 1.807) is 6.08 Å². The van der Waals surface area contributed by atoms with Gasteiger partial charge in [-0.1, -0.05) is 12.1 Å². The number of carbonyl (C=O) groups excluding carboxylic acids is 2. The number of imide groups is 1. The molecule has 0 atom stereocenters. The lowest BCUT2D eigenvalue weighted by Crippen LogP contribution is -2.27. The highest BCUT2D eigenvalue weighted by atomic mass is 32.2. The minimum Gasteiger partial charge on any atom is -0.508 e. The minimum absolute atomic E-state index is 0.0793. The van der Waals surface area contributed by atoms with Crippen LogP contribution in [0, 0.1) is 0 Å². The molecule has 2 amide bonds. The van der Waals surface area contributed by atoms with Crippen molar-refractivity contribution in [1.82, 2.24) is 0 Å². The first kappa shape index (κ1) is 16.1. The molecule has 1 saturated heterocycles. The zero-order valence-corrected chi connectivity index (χ0v) is 13.7. The number of anilines is 1. The van der Waals surface area contributed by atoms with E-state index in [1.807, 2.05) is 31.2 Å². The average Bonchev–Trinajstić information content (AvgIpc) is 2.85. The van der Waals surface area contributed by atoms with Crippen molar-refractivity contribution < 1.29 is 19.4 Å². The molecule has 1 aliphatic rings. The van der Waals surface area contributed by atoms with E-state index in [1.165, 1.54) is 24.3 Å². The first-order valence-electron chi connectivity index (χ1n) is 7.38. The van der Waals surface area contributed by atoms with Gasteiger partial charge in [0.15, 0.2) is 0 Å². The zero-order chi connectivity index (χ0) is 17.1. The number of carbonyl (C=O) groups is 2. The molecule has 1 aliphatic heterocycles. The highest BCUT2D eigenvalue weighted by Crippen LogP contribution is 2.36. The van der Waals surface area contributed by atoms with Crippen molar-refractivity contribution in [3.8, 4) is 11.5 Å². The fourth-order valence-electron chi connectivity index (χ4n) is 2.27. The highest BCUT2D eigenvalue weighted by molar-refractivity contribution is 8.19. The normalized spacial score (nSPS) is 16.0. The second-order valence-corrected chi connectivity index (χ2v) is 6.03. The van der Waals surface area contributed by atoms with Crippen LogP contribution in [-0.2, 0) is 4.79 Å². The molecule has 0 radical (unpaired) electrons. The number of nitrogens with zero attached hydrogens (tertiary/aromatic N) is 1. The van der Waals surface area contributed by atoms with Gasteiger partial charge in [-0.15, -0.1) is 0 Å². The lowest BCUT2D eigenvalue weighted by atomic mass is 10.2. The fraction of sp³-hybridized carbons (Fsp3) is 0.111. The molecule has 5 nitrogen and oxygen atoms in total. The Hall–Kier alpha value is -2.73. The summed E-state index contributed by atoms with van der Waals surface area (Å²) in [6.45, 7) is 2.50. The average molecular weight is 341 g/mol. The summed E-state index contributed by atoms with van der Waals surface area (Å²) >= 11 is 0.895. The van der Waals surface area contributed by atoms with E-state index in [4.69, 9.17) is 4.74 Å². The van der Waals surface area contributed by atoms with Crippen LogP contribution in [-0.4, -0.2) is 22.9 Å². The summed E-state index contributed by atoms with van der Waals surface area (Å²) in [7, 11) is 0. The Balaban J connectivity index is 1.83. The van der Waals surface area contributed by atoms with Crippen molar-refractivity contribution in [3.63, 3.8) is 0 Å². The molecular weight excluding hydrogens is 326 g/mol. The van der Waals surface area contributed by atoms with E-state index in [2.05, 4.69) is 0 Å². The molecule has 0 saturated carbocycles. The molecule has 122 valence electrons. The van der Waals surface area contributed by atoms with Crippen LogP contribution >= 0.6 is 11.8 Å². The number of hydrogen-bond acceptors (Lipinski definition) is 5. The van der Waals surface area contributed by atoms with Gasteiger partial charge < -0.3 is 9.84 Å². The first-order chi connectivity index (χ1) is 11.6. The van der Waals surface area contributed by atoms with Gasteiger partial charge in [-0.25, -0.2) is 4.90 Å². The number of ether oxygens (including phenoxy) is 1. The zero-order valence-electron chi connectivity index (χ0n) is 12.9. The standard InChI is InChI=1S/C18H15NO4S/c1-2-23-15-9-3-12(4-10-15)11-16-17(21)19(18(22)24-16)13-5-7-14(20)8-6-13/h3-11,20H,2H2,1H3/b16-11-. The fourth-order valence-corrected chi connectivity index (χ4v) is 3.11. The van der Waals surface area contributed by atoms with Crippen LogP contribution in [0.2, 0.25) is 0 Å². The van der Waals surface area contributed by atoms with Crippen LogP contribution in [0.4, 0.5) is 10.5 Å². The number of phenols is 1. The summed E-state index contributed by atoms with van der Waals surface area (Å²) < 4.78 is 5.38. The van der Waals surface area contributed by atoms with Crippen molar-refractivity contribution in [2.45, 2.75) is 6.92 Å². The summed E-state index contributed by atoms with van der Waals surface area (Å²) in [6.07, 6.45) is 1.68. The Kier molecular flexibility index (Phi) is 4.57. The van der Waals surface area contributed by atoms with E-state index < -0.39 is 0 Å². The number of amides is 2. The van der Waals surface area contributed by atoms with Crippen LogP contribution in [0.3, 0.4) is 0 Å². The maximum absolute atomic E-state index is 12.5. The van der Waals surface area contributed by atoms with E-state index in [9.17, 15) is 14.7 Å². The lowest BCUT2D eigenvalue weighted by Gasteiger charge is -2.12. The Labute approximate surface area is 143 Å². The van der Waals surface area contributed by atoms with Gasteiger partial charge in [0, 0.05) is 0 Å². The van der Waals surface area contributed by atoms with E-state index in [0.29, 0.717) is 17.2 Å². The van der Waals surface area contributed by atoms with Gasteiger partial charge in [-0.3, -0.25) is 9.59 Å². The van der Waals surface area contributed by atoms with Crippen molar-refractivity contribution >= 4 is 34.7 Å². The third kappa shape index (κ3) is 3.28. The number of benzene rings is 2. The molecule has 0 aromatic heterocycles. The number of thioether (sulfide) groups is 1. The largest absolute Gasteiger partial charge is 0.508 e. The molecule has 2 aromatic carbocycles. The highest BCUT2D eigenvalue weighted by Gasteiger charge is 2.36. The lowest BCUT2D eigenvalue weighted by molar-refractivity contribution is -0.113. The monoisotopic (exact) mass is 341 g/mol. The van der Waals surface area contributed by atoms with Crippen LogP contribution in [0.5, 0.6) is 11.5 Å². The number of rotatable bonds is 4. The summed E-state index contributed by atoms with van der Waals surface area (Å²) in [6, 6.07) is 13.2. The Morgan fingerprint density at radius 2 is 1.75 bits per heavy atom. The van der Waals surface area contributed by atoms with E-state index in [-0.39, 0.29) is 16.9 Å². The molecule has 0 unspecified atom stereocenters. The van der Waals surface area contributed by atoms with Gasteiger partial charge >= 0.3 is 0 Å². The van der Waals surface area contributed by atoms with Crippen LogP contribution in [0.25, 0.3) is 6.08 Å².